The first-order valence-electron chi connectivity index (χ1n) is 7.64. The van der Waals surface area contributed by atoms with Crippen LogP contribution in [0, 0.1) is 0 Å². The first-order chi connectivity index (χ1) is 11.0. The fourth-order valence-electron chi connectivity index (χ4n) is 2.95. The minimum atomic E-state index is -4.42. The summed E-state index contributed by atoms with van der Waals surface area (Å²) in [6.45, 7) is 1.26. The summed E-state index contributed by atoms with van der Waals surface area (Å²) in [6, 6.07) is 3.26. The Morgan fingerprint density at radius 2 is 2.00 bits per heavy atom. The molecular formula is C15H18F3N3O2. The van der Waals surface area contributed by atoms with Crippen LogP contribution in [0.25, 0.3) is 0 Å². The number of morpholine rings is 1. The number of hydrogen-bond acceptors (Lipinski definition) is 4. The third-order valence-corrected chi connectivity index (χ3v) is 4.14. The summed E-state index contributed by atoms with van der Waals surface area (Å²) >= 11 is 0. The van der Waals surface area contributed by atoms with Crippen molar-refractivity contribution in [1.29, 1.82) is 0 Å². The molecule has 2 saturated heterocycles. The summed E-state index contributed by atoms with van der Waals surface area (Å²) in [7, 11) is 0. The van der Waals surface area contributed by atoms with Crippen LogP contribution in [-0.4, -0.2) is 60.9 Å². The predicted molar refractivity (Wildman–Crippen MR) is 77.4 cm³/mol. The van der Waals surface area contributed by atoms with E-state index in [9.17, 15) is 18.0 Å². The quantitative estimate of drug-likeness (QED) is 0.833. The van der Waals surface area contributed by atoms with E-state index in [1.807, 2.05) is 0 Å². The molecule has 126 valence electrons. The smallest absolute Gasteiger partial charge is 0.365 e. The number of anilines is 1. The Morgan fingerprint density at radius 1 is 1.26 bits per heavy atom. The van der Waals surface area contributed by atoms with Crippen LogP contribution >= 0.6 is 0 Å². The van der Waals surface area contributed by atoms with Gasteiger partial charge in [-0.3, -0.25) is 4.79 Å². The number of carbonyl (C=O) groups excluding carboxylic acids is 1. The van der Waals surface area contributed by atoms with Crippen LogP contribution < -0.4 is 4.90 Å². The van der Waals surface area contributed by atoms with Gasteiger partial charge in [-0.2, -0.15) is 13.2 Å². The van der Waals surface area contributed by atoms with Gasteiger partial charge in [-0.05, 0) is 25.0 Å². The maximum absolute atomic E-state index is 12.9. The van der Waals surface area contributed by atoms with E-state index >= 15 is 0 Å². The van der Waals surface area contributed by atoms with E-state index in [2.05, 4.69) is 4.98 Å². The van der Waals surface area contributed by atoms with Gasteiger partial charge in [0.15, 0.2) is 6.10 Å². The minimum absolute atomic E-state index is 0.0436. The number of aromatic nitrogens is 1. The number of ether oxygens (including phenoxy) is 1. The van der Waals surface area contributed by atoms with Crippen LogP contribution in [-0.2, 0) is 4.74 Å². The second-order valence-corrected chi connectivity index (χ2v) is 5.72. The molecule has 0 spiro atoms. The number of carbonyl (C=O) groups is 1. The lowest BCUT2D eigenvalue weighted by molar-refractivity contribution is -0.221. The predicted octanol–water partition coefficient (Wildman–Crippen LogP) is 2.09. The zero-order chi connectivity index (χ0) is 16.4. The first-order valence-corrected chi connectivity index (χ1v) is 7.64. The molecule has 3 rings (SSSR count). The molecule has 0 unspecified atom stereocenters. The Morgan fingerprint density at radius 3 is 2.70 bits per heavy atom. The lowest BCUT2D eigenvalue weighted by Crippen LogP contribution is -2.50. The van der Waals surface area contributed by atoms with Crippen molar-refractivity contribution >= 4 is 11.7 Å². The summed E-state index contributed by atoms with van der Waals surface area (Å²) in [6.07, 6.45) is -2.88. The van der Waals surface area contributed by atoms with Crippen LogP contribution in [0.2, 0.25) is 0 Å². The molecule has 23 heavy (non-hydrogen) atoms. The molecule has 1 aromatic rings. The Kier molecular flexibility index (Phi) is 4.43. The number of likely N-dealkylation sites (tertiary alicyclic amines) is 1. The van der Waals surface area contributed by atoms with Crippen LogP contribution in [0.4, 0.5) is 19.0 Å². The normalized spacial score (nSPS) is 22.5. The summed E-state index contributed by atoms with van der Waals surface area (Å²) < 4.78 is 43.5. The van der Waals surface area contributed by atoms with Crippen molar-refractivity contribution in [3.05, 3.63) is 23.9 Å². The van der Waals surface area contributed by atoms with Crippen molar-refractivity contribution in [3.8, 4) is 0 Å². The Labute approximate surface area is 132 Å². The lowest BCUT2D eigenvalue weighted by Gasteiger charge is -2.35. The molecule has 1 amide bonds. The van der Waals surface area contributed by atoms with Crippen molar-refractivity contribution < 1.29 is 22.7 Å². The van der Waals surface area contributed by atoms with Gasteiger partial charge in [0.1, 0.15) is 5.82 Å². The van der Waals surface area contributed by atoms with Crippen molar-refractivity contribution in [2.75, 3.05) is 37.7 Å². The van der Waals surface area contributed by atoms with E-state index in [-0.39, 0.29) is 25.6 Å². The van der Waals surface area contributed by atoms with Gasteiger partial charge in [-0.25, -0.2) is 4.98 Å². The average Bonchev–Trinajstić information content (AvgIpc) is 3.08. The van der Waals surface area contributed by atoms with Gasteiger partial charge < -0.3 is 14.5 Å². The molecule has 0 saturated carbocycles. The lowest BCUT2D eigenvalue weighted by atomic mass is 10.2. The van der Waals surface area contributed by atoms with Gasteiger partial charge in [-0.1, -0.05) is 0 Å². The van der Waals surface area contributed by atoms with Crippen molar-refractivity contribution in [3.63, 3.8) is 0 Å². The first kappa shape index (κ1) is 16.0. The molecule has 5 nitrogen and oxygen atoms in total. The largest absolute Gasteiger partial charge is 0.416 e. The molecule has 1 aromatic heterocycles. The molecule has 2 aliphatic heterocycles. The number of nitrogens with zero attached hydrogens (tertiary/aromatic N) is 3. The molecule has 0 radical (unpaired) electrons. The zero-order valence-corrected chi connectivity index (χ0v) is 12.6. The van der Waals surface area contributed by atoms with E-state index in [0.29, 0.717) is 24.5 Å². The molecule has 2 fully saturated rings. The molecule has 2 aliphatic rings. The number of halogens is 3. The van der Waals surface area contributed by atoms with E-state index in [4.69, 9.17) is 4.74 Å². The van der Waals surface area contributed by atoms with Gasteiger partial charge in [0.05, 0.1) is 18.7 Å². The molecular weight excluding hydrogens is 311 g/mol. The Balaban J connectivity index is 1.83. The van der Waals surface area contributed by atoms with Gasteiger partial charge >= 0.3 is 6.18 Å². The van der Waals surface area contributed by atoms with E-state index in [0.717, 1.165) is 12.8 Å². The number of amides is 1. The van der Waals surface area contributed by atoms with E-state index < -0.39 is 12.3 Å². The highest BCUT2D eigenvalue weighted by Crippen LogP contribution is 2.29. The molecule has 0 aromatic carbocycles. The summed E-state index contributed by atoms with van der Waals surface area (Å²) in [5, 5.41) is 0. The molecule has 8 heteroatoms. The van der Waals surface area contributed by atoms with Crippen LogP contribution in [0.1, 0.15) is 23.2 Å². The van der Waals surface area contributed by atoms with E-state index in [1.165, 1.54) is 11.1 Å². The van der Waals surface area contributed by atoms with Crippen molar-refractivity contribution in [2.45, 2.75) is 25.1 Å². The molecule has 1 atom stereocenters. The topological polar surface area (TPSA) is 45.7 Å². The summed E-state index contributed by atoms with van der Waals surface area (Å²) in [5.74, 6) is 0.141. The Bertz CT molecular complexity index is 573. The monoisotopic (exact) mass is 329 g/mol. The maximum atomic E-state index is 12.9. The maximum Gasteiger partial charge on any atom is 0.416 e. The molecule has 0 bridgehead atoms. The van der Waals surface area contributed by atoms with Gasteiger partial charge in [-0.15, -0.1) is 0 Å². The molecule has 3 heterocycles. The molecule has 0 N–H and O–H groups in total. The minimum Gasteiger partial charge on any atom is -0.365 e. The second kappa shape index (κ2) is 6.35. The van der Waals surface area contributed by atoms with Crippen LogP contribution in [0.5, 0.6) is 0 Å². The van der Waals surface area contributed by atoms with E-state index in [1.54, 1.807) is 17.0 Å². The summed E-state index contributed by atoms with van der Waals surface area (Å²) in [5.41, 5.74) is 0.359. The number of alkyl halides is 3. The standard InChI is InChI=1S/C15H18F3N3O2/c16-15(17,18)12-10-21(8-9-23-12)13-11(4-3-5-19-13)14(22)20-6-1-2-7-20/h3-5,12H,1-2,6-10H2/t12-/m1/s1. The SMILES string of the molecule is O=C(c1cccnc1N1CCO[C@@H](C(F)(F)F)C1)N1CCCC1. The number of pyridine rings is 1. The van der Waals surface area contributed by atoms with Crippen molar-refractivity contribution in [1.82, 2.24) is 9.88 Å². The highest BCUT2D eigenvalue weighted by Gasteiger charge is 2.44. The third-order valence-electron chi connectivity index (χ3n) is 4.14. The zero-order valence-electron chi connectivity index (χ0n) is 12.6. The highest BCUT2D eigenvalue weighted by atomic mass is 19.4. The number of rotatable bonds is 2. The third kappa shape index (κ3) is 3.41. The van der Waals surface area contributed by atoms with Gasteiger partial charge in [0.2, 0.25) is 0 Å². The fourth-order valence-corrected chi connectivity index (χ4v) is 2.95. The van der Waals surface area contributed by atoms with Crippen LogP contribution in [0.15, 0.2) is 18.3 Å². The molecule has 0 aliphatic carbocycles. The summed E-state index contributed by atoms with van der Waals surface area (Å²) in [4.78, 5) is 20.0. The Hall–Kier alpha value is -1.83. The van der Waals surface area contributed by atoms with Crippen LogP contribution in [0.3, 0.4) is 0 Å². The highest BCUT2D eigenvalue weighted by molar-refractivity contribution is 5.99. The number of hydrogen-bond donors (Lipinski definition) is 0. The fraction of sp³-hybridized carbons (Fsp3) is 0.600. The van der Waals surface area contributed by atoms with Gasteiger partial charge in [0.25, 0.3) is 5.91 Å². The van der Waals surface area contributed by atoms with Crippen molar-refractivity contribution in [2.24, 2.45) is 0 Å². The van der Waals surface area contributed by atoms with Gasteiger partial charge in [0, 0.05) is 25.8 Å². The second-order valence-electron chi connectivity index (χ2n) is 5.72. The average molecular weight is 329 g/mol.